The normalized spacial score (nSPS) is 19.5. The molecule has 1 saturated heterocycles. The Hall–Kier alpha value is -1.93. The van der Waals surface area contributed by atoms with Crippen molar-refractivity contribution in [3.8, 4) is 0 Å². The van der Waals surface area contributed by atoms with Gasteiger partial charge in [-0.1, -0.05) is 6.42 Å². The second-order valence-corrected chi connectivity index (χ2v) is 8.75. The first kappa shape index (κ1) is 18.8. The van der Waals surface area contributed by atoms with Crippen molar-refractivity contribution in [2.24, 2.45) is 5.92 Å². The van der Waals surface area contributed by atoms with E-state index < -0.39 is 10.0 Å². The van der Waals surface area contributed by atoms with Crippen molar-refractivity contribution in [3.05, 3.63) is 29.8 Å². The van der Waals surface area contributed by atoms with Crippen LogP contribution in [0.15, 0.2) is 29.2 Å². The Balaban J connectivity index is 1.69. The zero-order valence-electron chi connectivity index (χ0n) is 15.0. The van der Waals surface area contributed by atoms with Gasteiger partial charge in [-0.05, 0) is 43.5 Å². The molecule has 1 aliphatic carbocycles. The van der Waals surface area contributed by atoms with E-state index in [1.54, 1.807) is 0 Å². The summed E-state index contributed by atoms with van der Waals surface area (Å²) in [6.07, 6.45) is 3.65. The zero-order valence-corrected chi connectivity index (χ0v) is 15.8. The molecule has 1 heterocycles. The van der Waals surface area contributed by atoms with Crippen LogP contribution in [0.2, 0.25) is 0 Å². The van der Waals surface area contributed by atoms with Gasteiger partial charge in [-0.2, -0.15) is 4.31 Å². The summed E-state index contributed by atoms with van der Waals surface area (Å²) < 4.78 is 27.2. The van der Waals surface area contributed by atoms with Gasteiger partial charge in [-0.3, -0.25) is 9.59 Å². The molecule has 1 saturated carbocycles. The minimum absolute atomic E-state index is 0.135. The van der Waals surface area contributed by atoms with Gasteiger partial charge in [0.2, 0.25) is 15.9 Å². The summed E-state index contributed by atoms with van der Waals surface area (Å²) >= 11 is 0. The maximum absolute atomic E-state index is 12.9. The second kappa shape index (κ2) is 7.75. The van der Waals surface area contributed by atoms with Crippen molar-refractivity contribution >= 4 is 21.8 Å². The monoisotopic (exact) mass is 379 g/mol. The lowest BCUT2D eigenvalue weighted by Gasteiger charge is -2.31. The molecule has 0 aromatic heterocycles. The highest BCUT2D eigenvalue weighted by Gasteiger charge is 2.32. The average molecular weight is 379 g/mol. The maximum atomic E-state index is 12.9. The van der Waals surface area contributed by atoms with Crippen LogP contribution >= 0.6 is 0 Å². The summed E-state index contributed by atoms with van der Waals surface area (Å²) in [5, 5.41) is 2.51. The lowest BCUT2D eigenvalue weighted by molar-refractivity contribution is -0.138. The Morgan fingerprint density at radius 3 is 2.27 bits per heavy atom. The molecule has 0 unspecified atom stereocenters. The van der Waals surface area contributed by atoms with Crippen molar-refractivity contribution < 1.29 is 18.0 Å². The van der Waals surface area contributed by atoms with E-state index in [1.165, 1.54) is 35.6 Å². The van der Waals surface area contributed by atoms with Crippen LogP contribution in [0.3, 0.4) is 0 Å². The summed E-state index contributed by atoms with van der Waals surface area (Å²) in [6, 6.07) is 5.94. The Morgan fingerprint density at radius 2 is 1.69 bits per heavy atom. The molecule has 1 aliphatic heterocycles. The molecule has 2 fully saturated rings. The van der Waals surface area contributed by atoms with Crippen LogP contribution in [0, 0.1) is 5.92 Å². The van der Waals surface area contributed by atoms with E-state index in [-0.39, 0.29) is 22.6 Å². The molecule has 26 heavy (non-hydrogen) atoms. The van der Waals surface area contributed by atoms with Crippen LogP contribution in [0.25, 0.3) is 0 Å². The standard InChI is InChI=1S/C18H25N3O4S/c1-19-17(22)14-6-8-16(9-7-14)26(24,25)21-11-3-10-20(12-13-21)18(23)15-4-2-5-15/h6-9,15H,2-5,10-13H2,1H3,(H,19,22). The molecule has 7 nitrogen and oxygen atoms in total. The second-order valence-electron chi connectivity index (χ2n) is 6.81. The molecule has 1 aromatic rings. The van der Waals surface area contributed by atoms with Gasteiger partial charge in [0.1, 0.15) is 0 Å². The number of nitrogens with one attached hydrogen (secondary N) is 1. The number of rotatable bonds is 4. The van der Waals surface area contributed by atoms with Crippen LogP contribution in [-0.2, 0) is 14.8 Å². The molecule has 0 spiro atoms. The number of hydrogen-bond donors (Lipinski definition) is 1. The van der Waals surface area contributed by atoms with Gasteiger partial charge in [-0.25, -0.2) is 8.42 Å². The smallest absolute Gasteiger partial charge is 0.251 e. The molecular formula is C18H25N3O4S. The molecule has 1 aromatic carbocycles. The van der Waals surface area contributed by atoms with Gasteiger partial charge in [-0.15, -0.1) is 0 Å². The molecule has 8 heteroatoms. The van der Waals surface area contributed by atoms with Crippen molar-refractivity contribution in [2.45, 2.75) is 30.6 Å². The number of carbonyl (C=O) groups excluding carboxylic acids is 2. The first-order valence-corrected chi connectivity index (χ1v) is 10.5. The molecule has 2 aliphatic rings. The Kier molecular flexibility index (Phi) is 5.62. The number of amides is 2. The van der Waals surface area contributed by atoms with Crippen LogP contribution in [0.5, 0.6) is 0 Å². The quantitative estimate of drug-likeness (QED) is 0.848. The first-order chi connectivity index (χ1) is 12.4. The summed E-state index contributed by atoms with van der Waals surface area (Å²) in [5.74, 6) is 0.0507. The maximum Gasteiger partial charge on any atom is 0.251 e. The highest BCUT2D eigenvalue weighted by molar-refractivity contribution is 7.89. The van der Waals surface area contributed by atoms with E-state index in [9.17, 15) is 18.0 Å². The third kappa shape index (κ3) is 3.76. The summed E-state index contributed by atoms with van der Waals surface area (Å²) in [5.41, 5.74) is 0.416. The predicted octanol–water partition coefficient (Wildman–Crippen LogP) is 1.07. The van der Waals surface area contributed by atoms with Gasteiger partial charge >= 0.3 is 0 Å². The Morgan fingerprint density at radius 1 is 1.00 bits per heavy atom. The molecule has 1 N–H and O–H groups in total. The molecular weight excluding hydrogens is 354 g/mol. The molecule has 2 amide bonds. The minimum atomic E-state index is -3.63. The third-order valence-corrected chi connectivity index (χ3v) is 7.12. The van der Waals surface area contributed by atoms with E-state index in [0.717, 1.165) is 19.3 Å². The van der Waals surface area contributed by atoms with E-state index in [4.69, 9.17) is 0 Å². The highest BCUT2D eigenvalue weighted by atomic mass is 32.2. The summed E-state index contributed by atoms with van der Waals surface area (Å²) in [4.78, 5) is 26.0. The van der Waals surface area contributed by atoms with Gasteiger partial charge in [0.05, 0.1) is 4.90 Å². The number of benzene rings is 1. The minimum Gasteiger partial charge on any atom is -0.355 e. The van der Waals surface area contributed by atoms with Crippen LogP contribution in [-0.4, -0.2) is 62.7 Å². The van der Waals surface area contributed by atoms with Crippen LogP contribution in [0.4, 0.5) is 0 Å². The van der Waals surface area contributed by atoms with E-state index in [2.05, 4.69) is 5.32 Å². The molecule has 142 valence electrons. The Labute approximate surface area is 154 Å². The fourth-order valence-corrected chi connectivity index (χ4v) is 4.81. The molecule has 0 bridgehead atoms. The van der Waals surface area contributed by atoms with E-state index in [0.29, 0.717) is 38.2 Å². The zero-order chi connectivity index (χ0) is 18.7. The van der Waals surface area contributed by atoms with Crippen molar-refractivity contribution in [3.63, 3.8) is 0 Å². The lowest BCUT2D eigenvalue weighted by Crippen LogP contribution is -2.41. The lowest BCUT2D eigenvalue weighted by atomic mass is 9.84. The van der Waals surface area contributed by atoms with Crippen molar-refractivity contribution in [1.29, 1.82) is 0 Å². The van der Waals surface area contributed by atoms with E-state index >= 15 is 0 Å². The van der Waals surface area contributed by atoms with Crippen molar-refractivity contribution in [1.82, 2.24) is 14.5 Å². The molecule has 3 rings (SSSR count). The molecule has 0 atom stereocenters. The highest BCUT2D eigenvalue weighted by Crippen LogP contribution is 2.29. The SMILES string of the molecule is CNC(=O)c1ccc(S(=O)(=O)N2CCCN(C(=O)C3CCC3)CC2)cc1. The topological polar surface area (TPSA) is 86.8 Å². The first-order valence-electron chi connectivity index (χ1n) is 9.04. The van der Waals surface area contributed by atoms with Crippen LogP contribution in [0.1, 0.15) is 36.0 Å². The number of hydrogen-bond acceptors (Lipinski definition) is 4. The fraction of sp³-hybridized carbons (Fsp3) is 0.556. The summed E-state index contributed by atoms with van der Waals surface area (Å²) in [6.45, 7) is 1.74. The van der Waals surface area contributed by atoms with Crippen molar-refractivity contribution in [2.75, 3.05) is 33.2 Å². The average Bonchev–Trinajstić information content (AvgIpc) is 2.86. The van der Waals surface area contributed by atoms with E-state index in [1.807, 2.05) is 4.90 Å². The third-order valence-electron chi connectivity index (χ3n) is 5.20. The Bertz CT molecular complexity index is 772. The van der Waals surface area contributed by atoms with Gasteiger partial charge in [0.25, 0.3) is 5.91 Å². The van der Waals surface area contributed by atoms with Gasteiger partial charge in [0, 0.05) is 44.7 Å². The van der Waals surface area contributed by atoms with Gasteiger partial charge in [0.15, 0.2) is 0 Å². The van der Waals surface area contributed by atoms with Gasteiger partial charge < -0.3 is 10.2 Å². The largest absolute Gasteiger partial charge is 0.355 e. The summed E-state index contributed by atoms with van der Waals surface area (Å²) in [7, 11) is -2.10. The van der Waals surface area contributed by atoms with Crippen LogP contribution < -0.4 is 5.32 Å². The molecule has 0 radical (unpaired) electrons. The number of carbonyl (C=O) groups is 2. The fourth-order valence-electron chi connectivity index (χ4n) is 3.34. The predicted molar refractivity (Wildman–Crippen MR) is 97.1 cm³/mol. The number of sulfonamides is 1. The number of nitrogens with zero attached hydrogens (tertiary/aromatic N) is 2.